The molecule has 0 aliphatic heterocycles. The van der Waals surface area contributed by atoms with Crippen LogP contribution in [0.5, 0.6) is 0 Å². The molecule has 0 spiro atoms. The molecule has 2 rings (SSSR count). The van der Waals surface area contributed by atoms with Gasteiger partial charge in [-0.15, -0.1) is 0 Å². The Morgan fingerprint density at radius 3 is 1.21 bits per heavy atom. The Kier molecular flexibility index (Phi) is 3.57. The monoisotopic (exact) mass is 270 g/mol. The zero-order valence-corrected chi connectivity index (χ0v) is 9.69. The van der Waals surface area contributed by atoms with E-state index in [4.69, 9.17) is 0 Å². The summed E-state index contributed by atoms with van der Waals surface area (Å²) in [6, 6.07) is 12.4. The van der Waals surface area contributed by atoms with E-state index < -0.39 is 23.3 Å². The second-order valence-corrected chi connectivity index (χ2v) is 3.87. The lowest BCUT2D eigenvalue weighted by Crippen LogP contribution is -2.29. The van der Waals surface area contributed by atoms with E-state index in [-0.39, 0.29) is 0 Å². The van der Waals surface area contributed by atoms with Crippen molar-refractivity contribution < 1.29 is 22.3 Å². The van der Waals surface area contributed by atoms with Crippen molar-refractivity contribution in [3.8, 4) is 0 Å². The number of halogens is 4. The summed E-state index contributed by atoms with van der Waals surface area (Å²) in [5, 5.41) is 0. The fourth-order valence-electron chi connectivity index (χ4n) is 1.54. The fraction of sp³-hybridized carbons (Fsp3) is 0.143. The SMILES string of the molecule is FC(F)(OC(F)(F)c1ccccc1)c1ccccc1. The number of rotatable bonds is 4. The zero-order valence-electron chi connectivity index (χ0n) is 9.69. The minimum Gasteiger partial charge on any atom is -0.247 e. The molecule has 1 nitrogen and oxygen atoms in total. The summed E-state index contributed by atoms with van der Waals surface area (Å²) < 4.78 is 58.3. The van der Waals surface area contributed by atoms with Gasteiger partial charge in [-0.2, -0.15) is 17.6 Å². The molecule has 2 aromatic carbocycles. The van der Waals surface area contributed by atoms with Gasteiger partial charge in [0.05, 0.1) is 11.1 Å². The van der Waals surface area contributed by atoms with Crippen LogP contribution in [0.4, 0.5) is 17.6 Å². The third-order valence-corrected chi connectivity index (χ3v) is 2.48. The summed E-state index contributed by atoms with van der Waals surface area (Å²) in [5.74, 6) is 0. The highest BCUT2D eigenvalue weighted by Gasteiger charge is 2.46. The highest BCUT2D eigenvalue weighted by atomic mass is 19.3. The van der Waals surface area contributed by atoms with Crippen molar-refractivity contribution in [2.24, 2.45) is 0 Å². The van der Waals surface area contributed by atoms with Gasteiger partial charge >= 0.3 is 12.2 Å². The largest absolute Gasteiger partial charge is 0.388 e. The van der Waals surface area contributed by atoms with Crippen molar-refractivity contribution in [1.29, 1.82) is 0 Å². The van der Waals surface area contributed by atoms with Crippen molar-refractivity contribution in [3.05, 3.63) is 71.8 Å². The molecule has 0 fully saturated rings. The molecule has 0 bridgehead atoms. The molecular weight excluding hydrogens is 260 g/mol. The zero-order chi connectivity index (χ0) is 13.9. The van der Waals surface area contributed by atoms with E-state index in [1.807, 2.05) is 0 Å². The Labute approximate surface area is 107 Å². The topological polar surface area (TPSA) is 9.23 Å². The fourth-order valence-corrected chi connectivity index (χ4v) is 1.54. The summed E-state index contributed by atoms with van der Waals surface area (Å²) in [6.07, 6.45) is -8.14. The minimum absolute atomic E-state index is 0.620. The summed E-state index contributed by atoms with van der Waals surface area (Å²) in [5.41, 5.74) is -1.24. The van der Waals surface area contributed by atoms with Gasteiger partial charge < -0.3 is 0 Å². The van der Waals surface area contributed by atoms with E-state index in [9.17, 15) is 17.6 Å². The van der Waals surface area contributed by atoms with E-state index in [2.05, 4.69) is 4.74 Å². The van der Waals surface area contributed by atoms with Gasteiger partial charge in [-0.3, -0.25) is 0 Å². The summed E-state index contributed by atoms with van der Waals surface area (Å²) in [4.78, 5) is 0. The normalized spacial score (nSPS) is 12.4. The molecule has 0 unspecified atom stereocenters. The Hall–Kier alpha value is -1.88. The summed E-state index contributed by atoms with van der Waals surface area (Å²) in [6.45, 7) is 0. The molecule has 0 amide bonds. The van der Waals surface area contributed by atoms with Crippen LogP contribution in [0.15, 0.2) is 60.7 Å². The van der Waals surface area contributed by atoms with Gasteiger partial charge in [0.15, 0.2) is 0 Å². The van der Waals surface area contributed by atoms with Crippen LogP contribution in [0.3, 0.4) is 0 Å². The van der Waals surface area contributed by atoms with E-state index in [1.54, 1.807) is 0 Å². The molecule has 0 radical (unpaired) electrons. The van der Waals surface area contributed by atoms with Gasteiger partial charge in [0.1, 0.15) is 0 Å². The maximum Gasteiger partial charge on any atom is 0.388 e. The van der Waals surface area contributed by atoms with Crippen LogP contribution in [-0.2, 0) is 17.0 Å². The second-order valence-electron chi connectivity index (χ2n) is 3.87. The molecule has 100 valence electrons. The van der Waals surface area contributed by atoms with Crippen LogP contribution in [0, 0.1) is 0 Å². The average Bonchev–Trinajstić information content (AvgIpc) is 2.40. The maximum atomic E-state index is 13.6. The first-order valence-electron chi connectivity index (χ1n) is 5.49. The van der Waals surface area contributed by atoms with Gasteiger partial charge in [0.2, 0.25) is 0 Å². The van der Waals surface area contributed by atoms with Crippen LogP contribution in [-0.4, -0.2) is 0 Å². The van der Waals surface area contributed by atoms with E-state index >= 15 is 0 Å². The number of hydrogen-bond acceptors (Lipinski definition) is 1. The van der Waals surface area contributed by atoms with E-state index in [0.717, 1.165) is 24.3 Å². The molecule has 5 heteroatoms. The van der Waals surface area contributed by atoms with Crippen LogP contribution < -0.4 is 0 Å². The minimum atomic E-state index is -4.07. The summed E-state index contributed by atoms with van der Waals surface area (Å²) in [7, 11) is 0. The highest BCUT2D eigenvalue weighted by molar-refractivity contribution is 5.20. The molecule has 0 aliphatic carbocycles. The number of hydrogen-bond donors (Lipinski definition) is 0. The predicted molar refractivity (Wildman–Crippen MR) is 61.8 cm³/mol. The first kappa shape index (κ1) is 13.5. The van der Waals surface area contributed by atoms with Gasteiger partial charge in [0.25, 0.3) is 0 Å². The van der Waals surface area contributed by atoms with Crippen molar-refractivity contribution >= 4 is 0 Å². The van der Waals surface area contributed by atoms with Crippen molar-refractivity contribution in [1.82, 2.24) is 0 Å². The first-order valence-corrected chi connectivity index (χ1v) is 5.49. The molecule has 0 aromatic heterocycles. The molecule has 0 N–H and O–H groups in total. The first-order chi connectivity index (χ1) is 8.92. The van der Waals surface area contributed by atoms with Crippen LogP contribution >= 0.6 is 0 Å². The molecule has 0 saturated carbocycles. The van der Waals surface area contributed by atoms with Gasteiger partial charge in [-0.25, -0.2) is 4.74 Å². The predicted octanol–water partition coefficient (Wildman–Crippen LogP) is 4.50. The standard InChI is InChI=1S/C14H10F4O/c15-13(16,11-7-3-1-4-8-11)19-14(17,18)12-9-5-2-6-10-12/h1-10H. The van der Waals surface area contributed by atoms with E-state index in [0.29, 0.717) is 0 Å². The third kappa shape index (κ3) is 3.12. The van der Waals surface area contributed by atoms with Gasteiger partial charge in [-0.05, 0) is 0 Å². The molecule has 0 aliphatic rings. The number of alkyl halides is 4. The molecule has 19 heavy (non-hydrogen) atoms. The molecule has 2 aromatic rings. The van der Waals surface area contributed by atoms with Crippen molar-refractivity contribution in [3.63, 3.8) is 0 Å². The number of benzene rings is 2. The summed E-state index contributed by atoms with van der Waals surface area (Å²) >= 11 is 0. The quantitative estimate of drug-likeness (QED) is 0.743. The molecular formula is C14H10F4O. The molecule has 0 saturated heterocycles. The third-order valence-electron chi connectivity index (χ3n) is 2.48. The second kappa shape index (κ2) is 5.01. The average molecular weight is 270 g/mol. The van der Waals surface area contributed by atoms with Crippen LogP contribution in [0.1, 0.15) is 11.1 Å². The number of ether oxygens (including phenoxy) is 1. The lowest BCUT2D eigenvalue weighted by molar-refractivity contribution is -0.391. The lowest BCUT2D eigenvalue weighted by atomic mass is 10.2. The van der Waals surface area contributed by atoms with E-state index in [1.165, 1.54) is 36.4 Å². The van der Waals surface area contributed by atoms with Crippen LogP contribution in [0.25, 0.3) is 0 Å². The smallest absolute Gasteiger partial charge is 0.247 e. The van der Waals surface area contributed by atoms with Gasteiger partial charge in [0, 0.05) is 0 Å². The lowest BCUT2D eigenvalue weighted by Gasteiger charge is -2.24. The maximum absolute atomic E-state index is 13.6. The Morgan fingerprint density at radius 2 is 0.895 bits per heavy atom. The van der Waals surface area contributed by atoms with Gasteiger partial charge in [-0.1, -0.05) is 60.7 Å². The molecule has 0 atom stereocenters. The van der Waals surface area contributed by atoms with Crippen molar-refractivity contribution in [2.75, 3.05) is 0 Å². The highest BCUT2D eigenvalue weighted by Crippen LogP contribution is 2.40. The van der Waals surface area contributed by atoms with Crippen molar-refractivity contribution in [2.45, 2.75) is 12.2 Å². The molecule has 0 heterocycles. The Balaban J connectivity index is 2.25. The Morgan fingerprint density at radius 1 is 0.579 bits per heavy atom. The Bertz CT molecular complexity index is 476. The van der Waals surface area contributed by atoms with Crippen LogP contribution in [0.2, 0.25) is 0 Å².